The van der Waals surface area contributed by atoms with E-state index in [4.69, 9.17) is 0 Å². The zero-order valence-electron chi connectivity index (χ0n) is 8.17. The SMILES string of the molecule is CCN(CC)CC#Cc1cn[nH]c1. The first-order valence-corrected chi connectivity index (χ1v) is 4.56. The highest BCUT2D eigenvalue weighted by atomic mass is 15.1. The maximum absolute atomic E-state index is 3.82. The van der Waals surface area contributed by atoms with Gasteiger partial charge in [-0.15, -0.1) is 0 Å². The second-order valence-electron chi connectivity index (χ2n) is 2.75. The first kappa shape index (κ1) is 9.82. The Morgan fingerprint density at radius 3 is 2.77 bits per heavy atom. The fourth-order valence-electron chi connectivity index (χ4n) is 1.02. The highest BCUT2D eigenvalue weighted by molar-refractivity contribution is 5.29. The molecule has 1 heterocycles. The van der Waals surface area contributed by atoms with Gasteiger partial charge in [0.2, 0.25) is 0 Å². The standard InChI is InChI=1S/C10H15N3/c1-3-13(4-2)7-5-6-10-8-11-12-9-10/h8-9H,3-4,7H2,1-2H3,(H,11,12). The van der Waals surface area contributed by atoms with Crippen molar-refractivity contribution in [2.75, 3.05) is 19.6 Å². The largest absolute Gasteiger partial charge is 0.293 e. The minimum absolute atomic E-state index is 0.832. The lowest BCUT2D eigenvalue weighted by molar-refractivity contribution is 0.342. The molecule has 0 aliphatic carbocycles. The molecule has 0 unspecified atom stereocenters. The molecule has 0 saturated heterocycles. The highest BCUT2D eigenvalue weighted by Gasteiger charge is 1.93. The van der Waals surface area contributed by atoms with Crippen molar-refractivity contribution < 1.29 is 0 Å². The monoisotopic (exact) mass is 177 g/mol. The van der Waals surface area contributed by atoms with E-state index in [9.17, 15) is 0 Å². The molecule has 70 valence electrons. The summed E-state index contributed by atoms with van der Waals surface area (Å²) in [5, 5.41) is 6.55. The summed E-state index contributed by atoms with van der Waals surface area (Å²) in [6, 6.07) is 0. The van der Waals surface area contributed by atoms with Crippen molar-refractivity contribution in [2.24, 2.45) is 0 Å². The Bertz CT molecular complexity index is 275. The van der Waals surface area contributed by atoms with Gasteiger partial charge in [-0.05, 0) is 13.1 Å². The molecule has 1 N–H and O–H groups in total. The molecule has 0 spiro atoms. The zero-order valence-corrected chi connectivity index (χ0v) is 8.17. The van der Waals surface area contributed by atoms with Crippen LogP contribution in [0.5, 0.6) is 0 Å². The normalized spacial score (nSPS) is 9.77. The van der Waals surface area contributed by atoms with Gasteiger partial charge < -0.3 is 0 Å². The Labute approximate surface area is 79.1 Å². The Kier molecular flexibility index (Phi) is 4.07. The van der Waals surface area contributed by atoms with Crippen LogP contribution < -0.4 is 0 Å². The summed E-state index contributed by atoms with van der Waals surface area (Å²) in [6.07, 6.45) is 3.53. The molecule has 13 heavy (non-hydrogen) atoms. The van der Waals surface area contributed by atoms with Crippen LogP contribution >= 0.6 is 0 Å². The Morgan fingerprint density at radius 1 is 1.46 bits per heavy atom. The van der Waals surface area contributed by atoms with Crippen molar-refractivity contribution in [3.8, 4) is 11.8 Å². The molecule has 0 aliphatic heterocycles. The Morgan fingerprint density at radius 2 is 2.23 bits per heavy atom. The quantitative estimate of drug-likeness (QED) is 0.701. The molecule has 0 aliphatic rings. The van der Waals surface area contributed by atoms with Crippen LogP contribution in [0.25, 0.3) is 0 Å². The van der Waals surface area contributed by atoms with Gasteiger partial charge >= 0.3 is 0 Å². The van der Waals surface area contributed by atoms with Crippen molar-refractivity contribution in [3.63, 3.8) is 0 Å². The van der Waals surface area contributed by atoms with Gasteiger partial charge in [0, 0.05) is 6.20 Å². The Balaban J connectivity index is 2.40. The van der Waals surface area contributed by atoms with Crippen LogP contribution in [0.2, 0.25) is 0 Å². The van der Waals surface area contributed by atoms with Gasteiger partial charge in [0.15, 0.2) is 0 Å². The molecule has 1 rings (SSSR count). The molecule has 0 radical (unpaired) electrons. The van der Waals surface area contributed by atoms with Crippen molar-refractivity contribution in [1.82, 2.24) is 15.1 Å². The van der Waals surface area contributed by atoms with E-state index in [2.05, 4.69) is 40.8 Å². The summed E-state index contributed by atoms with van der Waals surface area (Å²) >= 11 is 0. The number of rotatable bonds is 3. The van der Waals surface area contributed by atoms with Crippen molar-refractivity contribution in [1.29, 1.82) is 0 Å². The topological polar surface area (TPSA) is 31.9 Å². The molecule has 0 aromatic carbocycles. The molecule has 3 nitrogen and oxygen atoms in total. The van der Waals surface area contributed by atoms with Crippen LogP contribution in [0.1, 0.15) is 19.4 Å². The average Bonchev–Trinajstić information content (AvgIpc) is 2.65. The summed E-state index contributed by atoms with van der Waals surface area (Å²) in [4.78, 5) is 2.27. The minimum Gasteiger partial charge on any atom is -0.293 e. The number of H-pyrrole nitrogens is 1. The lowest BCUT2D eigenvalue weighted by atomic mass is 10.3. The van der Waals surface area contributed by atoms with E-state index in [1.54, 1.807) is 12.4 Å². The number of hydrogen-bond acceptors (Lipinski definition) is 2. The van der Waals surface area contributed by atoms with E-state index in [-0.39, 0.29) is 0 Å². The molecule has 0 saturated carbocycles. The molecule has 0 atom stereocenters. The van der Waals surface area contributed by atoms with Crippen molar-refractivity contribution in [3.05, 3.63) is 18.0 Å². The van der Waals surface area contributed by atoms with Crippen molar-refractivity contribution in [2.45, 2.75) is 13.8 Å². The second kappa shape index (κ2) is 5.39. The number of aromatic amines is 1. The van der Waals surface area contributed by atoms with Gasteiger partial charge in [0.1, 0.15) is 0 Å². The number of nitrogens with zero attached hydrogens (tertiary/aromatic N) is 2. The molecule has 0 fully saturated rings. The third-order valence-electron chi connectivity index (χ3n) is 1.93. The van der Waals surface area contributed by atoms with Crippen molar-refractivity contribution >= 4 is 0 Å². The van der Waals surface area contributed by atoms with Crippen LogP contribution in [0.4, 0.5) is 0 Å². The van der Waals surface area contributed by atoms with E-state index in [0.717, 1.165) is 25.2 Å². The first-order chi connectivity index (χ1) is 6.36. The van der Waals surface area contributed by atoms with Crippen LogP contribution in [0, 0.1) is 11.8 Å². The Hall–Kier alpha value is -1.27. The van der Waals surface area contributed by atoms with Gasteiger partial charge in [0.25, 0.3) is 0 Å². The van der Waals surface area contributed by atoms with Crippen LogP contribution in [0.15, 0.2) is 12.4 Å². The summed E-state index contributed by atoms with van der Waals surface area (Å²) in [5.41, 5.74) is 0.951. The third-order valence-corrected chi connectivity index (χ3v) is 1.93. The molecule has 0 bridgehead atoms. The molecule has 3 heteroatoms. The zero-order chi connectivity index (χ0) is 9.52. The summed E-state index contributed by atoms with van der Waals surface area (Å²) in [6.45, 7) is 7.22. The molecule has 1 aromatic rings. The van der Waals surface area contributed by atoms with Crippen LogP contribution in [-0.4, -0.2) is 34.7 Å². The van der Waals surface area contributed by atoms with Crippen LogP contribution in [0.3, 0.4) is 0 Å². The molecular formula is C10H15N3. The third kappa shape index (κ3) is 3.30. The van der Waals surface area contributed by atoms with Gasteiger partial charge in [-0.3, -0.25) is 10.00 Å². The fraction of sp³-hybridized carbons (Fsp3) is 0.500. The molecule has 0 amide bonds. The minimum atomic E-state index is 0.832. The predicted molar refractivity (Wildman–Crippen MR) is 53.3 cm³/mol. The van der Waals surface area contributed by atoms with E-state index < -0.39 is 0 Å². The van der Waals surface area contributed by atoms with Gasteiger partial charge in [-0.2, -0.15) is 5.10 Å². The molecule has 1 aromatic heterocycles. The summed E-state index contributed by atoms with van der Waals surface area (Å²) in [5.74, 6) is 6.14. The lowest BCUT2D eigenvalue weighted by Crippen LogP contribution is -2.22. The van der Waals surface area contributed by atoms with Gasteiger partial charge in [-0.25, -0.2) is 0 Å². The smallest absolute Gasteiger partial charge is 0.0644 e. The number of nitrogens with one attached hydrogen (secondary N) is 1. The van der Waals surface area contributed by atoms with Gasteiger partial charge in [0.05, 0.1) is 18.3 Å². The van der Waals surface area contributed by atoms with Crippen LogP contribution in [-0.2, 0) is 0 Å². The average molecular weight is 177 g/mol. The highest BCUT2D eigenvalue weighted by Crippen LogP contribution is 1.89. The maximum Gasteiger partial charge on any atom is 0.0644 e. The maximum atomic E-state index is 3.82. The summed E-state index contributed by atoms with van der Waals surface area (Å²) in [7, 11) is 0. The van der Waals surface area contributed by atoms with E-state index >= 15 is 0 Å². The summed E-state index contributed by atoms with van der Waals surface area (Å²) < 4.78 is 0. The number of hydrogen-bond donors (Lipinski definition) is 1. The predicted octanol–water partition coefficient (Wildman–Crippen LogP) is 1.10. The van der Waals surface area contributed by atoms with E-state index in [0.29, 0.717) is 0 Å². The first-order valence-electron chi connectivity index (χ1n) is 4.56. The lowest BCUT2D eigenvalue weighted by Gasteiger charge is -2.12. The van der Waals surface area contributed by atoms with E-state index in [1.807, 2.05) is 0 Å². The molecular weight excluding hydrogens is 162 g/mol. The fourth-order valence-corrected chi connectivity index (χ4v) is 1.02. The second-order valence-corrected chi connectivity index (χ2v) is 2.75. The van der Waals surface area contributed by atoms with E-state index in [1.165, 1.54) is 0 Å². The van der Waals surface area contributed by atoms with Gasteiger partial charge in [-0.1, -0.05) is 25.7 Å². The number of aromatic nitrogens is 2.